The molecule has 0 aliphatic carbocycles. The highest BCUT2D eigenvalue weighted by molar-refractivity contribution is 5.30. The normalized spacial score (nSPS) is 26.3. The summed E-state index contributed by atoms with van der Waals surface area (Å²) in [6, 6.07) is 8.12. The Balaban J connectivity index is 2.20. The molecule has 21 heavy (non-hydrogen) atoms. The van der Waals surface area contributed by atoms with Gasteiger partial charge in [0.15, 0.2) is 0 Å². The van der Waals surface area contributed by atoms with E-state index in [-0.39, 0.29) is 30.9 Å². The molecule has 3 N–H and O–H groups in total. The molecule has 2 rings (SSSR count). The van der Waals surface area contributed by atoms with Gasteiger partial charge in [0.2, 0.25) is 0 Å². The van der Waals surface area contributed by atoms with Crippen LogP contribution in [0.2, 0.25) is 0 Å². The summed E-state index contributed by atoms with van der Waals surface area (Å²) in [6.45, 7) is 5.59. The molecule has 1 fully saturated rings. The Labute approximate surface area is 126 Å². The van der Waals surface area contributed by atoms with E-state index in [4.69, 9.17) is 15.2 Å². The van der Waals surface area contributed by atoms with E-state index in [0.29, 0.717) is 6.54 Å². The van der Waals surface area contributed by atoms with Gasteiger partial charge in [-0.2, -0.15) is 0 Å². The van der Waals surface area contributed by atoms with Crippen LogP contribution in [0.1, 0.15) is 25.5 Å². The van der Waals surface area contributed by atoms with Crippen LogP contribution in [-0.2, 0) is 4.74 Å². The smallest absolute Gasteiger partial charge is 0.118 e. The van der Waals surface area contributed by atoms with Gasteiger partial charge in [-0.05, 0) is 31.5 Å². The van der Waals surface area contributed by atoms with Crippen LogP contribution in [0, 0.1) is 0 Å². The molecule has 0 amide bonds. The third kappa shape index (κ3) is 3.95. The maximum atomic E-state index is 9.39. The van der Waals surface area contributed by atoms with E-state index in [1.54, 1.807) is 7.11 Å². The number of benzene rings is 1. The van der Waals surface area contributed by atoms with Crippen LogP contribution >= 0.6 is 0 Å². The molecule has 1 aromatic carbocycles. The molecule has 118 valence electrons. The predicted molar refractivity (Wildman–Crippen MR) is 82.4 cm³/mol. The SMILES string of the molecule is COc1ccc(C(C(C)N)N2CC(C)OC(CO)C2)cc1. The van der Waals surface area contributed by atoms with E-state index >= 15 is 0 Å². The van der Waals surface area contributed by atoms with E-state index < -0.39 is 0 Å². The van der Waals surface area contributed by atoms with Crippen molar-refractivity contribution in [1.82, 2.24) is 4.90 Å². The number of ether oxygens (including phenoxy) is 2. The average molecular weight is 294 g/mol. The molecule has 0 aromatic heterocycles. The van der Waals surface area contributed by atoms with Gasteiger partial charge in [0.1, 0.15) is 5.75 Å². The summed E-state index contributed by atoms with van der Waals surface area (Å²) in [5, 5.41) is 9.39. The second kappa shape index (κ2) is 7.22. The van der Waals surface area contributed by atoms with Crippen LogP contribution in [0.15, 0.2) is 24.3 Å². The zero-order chi connectivity index (χ0) is 15.4. The zero-order valence-corrected chi connectivity index (χ0v) is 13.0. The highest BCUT2D eigenvalue weighted by Crippen LogP contribution is 2.28. The standard InChI is InChI=1S/C16H26N2O3/c1-11-8-18(9-15(10-19)21-11)16(12(2)17)13-4-6-14(20-3)7-5-13/h4-7,11-12,15-16,19H,8-10,17H2,1-3H3. The van der Waals surface area contributed by atoms with Gasteiger partial charge in [0.05, 0.1) is 25.9 Å². The van der Waals surface area contributed by atoms with Crippen molar-refractivity contribution in [2.75, 3.05) is 26.8 Å². The molecular weight excluding hydrogens is 268 g/mol. The fraction of sp³-hybridized carbons (Fsp3) is 0.625. The lowest BCUT2D eigenvalue weighted by Crippen LogP contribution is -2.52. The van der Waals surface area contributed by atoms with Crippen LogP contribution in [0.25, 0.3) is 0 Å². The number of aliphatic hydroxyl groups is 1. The summed E-state index contributed by atoms with van der Waals surface area (Å²) in [6.07, 6.45) is -0.0522. The Morgan fingerprint density at radius 2 is 2.05 bits per heavy atom. The maximum Gasteiger partial charge on any atom is 0.118 e. The number of hydrogen-bond donors (Lipinski definition) is 2. The molecule has 1 aliphatic rings. The summed E-state index contributed by atoms with van der Waals surface area (Å²) < 4.78 is 10.9. The van der Waals surface area contributed by atoms with E-state index in [9.17, 15) is 5.11 Å². The first-order valence-corrected chi connectivity index (χ1v) is 7.45. The Morgan fingerprint density at radius 3 is 2.57 bits per heavy atom. The number of nitrogens with zero attached hydrogens (tertiary/aromatic N) is 1. The molecule has 0 bridgehead atoms. The third-order valence-electron chi connectivity index (χ3n) is 3.91. The lowest BCUT2D eigenvalue weighted by atomic mass is 9.97. The van der Waals surface area contributed by atoms with Gasteiger partial charge in [-0.25, -0.2) is 0 Å². The average Bonchev–Trinajstić information content (AvgIpc) is 2.47. The number of hydrogen-bond acceptors (Lipinski definition) is 5. The summed E-state index contributed by atoms with van der Waals surface area (Å²) in [7, 11) is 1.66. The largest absolute Gasteiger partial charge is 0.497 e. The Hall–Kier alpha value is -1.14. The zero-order valence-electron chi connectivity index (χ0n) is 13.0. The molecular formula is C16H26N2O3. The molecule has 0 saturated carbocycles. The van der Waals surface area contributed by atoms with Crippen LogP contribution < -0.4 is 10.5 Å². The first-order chi connectivity index (χ1) is 10.0. The Kier molecular flexibility index (Phi) is 5.58. The van der Waals surface area contributed by atoms with Gasteiger partial charge in [-0.15, -0.1) is 0 Å². The Bertz CT molecular complexity index is 436. The highest BCUT2D eigenvalue weighted by atomic mass is 16.5. The molecule has 1 aliphatic heterocycles. The maximum absolute atomic E-state index is 9.39. The number of methoxy groups -OCH3 is 1. The lowest BCUT2D eigenvalue weighted by Gasteiger charge is -2.42. The van der Waals surface area contributed by atoms with E-state index in [2.05, 4.69) is 17.0 Å². The van der Waals surface area contributed by atoms with E-state index in [0.717, 1.165) is 17.9 Å². The van der Waals surface area contributed by atoms with E-state index in [1.165, 1.54) is 0 Å². The molecule has 5 heteroatoms. The molecule has 0 radical (unpaired) electrons. The molecule has 5 nitrogen and oxygen atoms in total. The summed E-state index contributed by atoms with van der Waals surface area (Å²) in [5.74, 6) is 0.839. The van der Waals surface area contributed by atoms with Crippen molar-refractivity contribution in [1.29, 1.82) is 0 Å². The van der Waals surface area contributed by atoms with Crippen LogP contribution in [0.5, 0.6) is 5.75 Å². The molecule has 1 aromatic rings. The summed E-state index contributed by atoms with van der Waals surface area (Å²) in [4.78, 5) is 2.31. The van der Waals surface area contributed by atoms with Gasteiger partial charge in [-0.1, -0.05) is 12.1 Å². The van der Waals surface area contributed by atoms with Gasteiger partial charge in [0, 0.05) is 25.2 Å². The predicted octanol–water partition coefficient (Wildman–Crippen LogP) is 1.17. The van der Waals surface area contributed by atoms with Gasteiger partial charge < -0.3 is 20.3 Å². The van der Waals surface area contributed by atoms with Crippen molar-refractivity contribution < 1.29 is 14.6 Å². The molecule has 0 spiro atoms. The van der Waals surface area contributed by atoms with Crippen LogP contribution in [0.3, 0.4) is 0 Å². The second-order valence-electron chi connectivity index (χ2n) is 5.78. The summed E-state index contributed by atoms with van der Waals surface area (Å²) >= 11 is 0. The molecule has 4 unspecified atom stereocenters. The third-order valence-corrected chi connectivity index (χ3v) is 3.91. The fourth-order valence-electron chi connectivity index (χ4n) is 3.06. The number of nitrogens with two attached hydrogens (primary N) is 1. The van der Waals surface area contributed by atoms with Gasteiger partial charge >= 0.3 is 0 Å². The quantitative estimate of drug-likeness (QED) is 0.853. The minimum Gasteiger partial charge on any atom is -0.497 e. The van der Waals surface area contributed by atoms with E-state index in [1.807, 2.05) is 26.0 Å². The van der Waals surface area contributed by atoms with Crippen molar-refractivity contribution >= 4 is 0 Å². The molecule has 1 heterocycles. The molecule has 1 saturated heterocycles. The highest BCUT2D eigenvalue weighted by Gasteiger charge is 2.32. The minimum absolute atomic E-state index is 0.0111. The monoisotopic (exact) mass is 294 g/mol. The lowest BCUT2D eigenvalue weighted by molar-refractivity contribution is -0.107. The first kappa shape index (κ1) is 16.2. The first-order valence-electron chi connectivity index (χ1n) is 7.45. The fourth-order valence-corrected chi connectivity index (χ4v) is 3.06. The van der Waals surface area contributed by atoms with Crippen LogP contribution in [0.4, 0.5) is 0 Å². The summed E-state index contributed by atoms with van der Waals surface area (Å²) in [5.41, 5.74) is 7.39. The number of aliphatic hydroxyl groups excluding tert-OH is 1. The minimum atomic E-state index is -0.145. The van der Waals surface area contributed by atoms with Gasteiger partial charge in [0.25, 0.3) is 0 Å². The van der Waals surface area contributed by atoms with Crippen molar-refractivity contribution in [3.63, 3.8) is 0 Å². The molecule has 4 atom stereocenters. The number of rotatable bonds is 5. The van der Waals surface area contributed by atoms with Crippen molar-refractivity contribution in [3.8, 4) is 5.75 Å². The van der Waals surface area contributed by atoms with Gasteiger partial charge in [-0.3, -0.25) is 4.90 Å². The Morgan fingerprint density at radius 1 is 1.38 bits per heavy atom. The second-order valence-corrected chi connectivity index (χ2v) is 5.78. The topological polar surface area (TPSA) is 68.0 Å². The van der Waals surface area contributed by atoms with Crippen LogP contribution in [-0.4, -0.2) is 55.1 Å². The van der Waals surface area contributed by atoms with Crippen molar-refractivity contribution in [3.05, 3.63) is 29.8 Å². The van der Waals surface area contributed by atoms with Crippen molar-refractivity contribution in [2.24, 2.45) is 5.73 Å². The number of morpholine rings is 1. The van der Waals surface area contributed by atoms with Crippen molar-refractivity contribution in [2.45, 2.75) is 38.1 Å².